The predicted octanol–water partition coefficient (Wildman–Crippen LogP) is 1.49. The molecular formula is C8H16BrNO2S. The molecule has 0 amide bonds. The second kappa shape index (κ2) is 4.75. The molecule has 1 rings (SSSR count). The molecule has 0 aromatic heterocycles. The molecule has 0 aliphatic heterocycles. The van der Waals surface area contributed by atoms with Gasteiger partial charge < -0.3 is 0 Å². The minimum Gasteiger partial charge on any atom is -0.215 e. The van der Waals surface area contributed by atoms with Crippen molar-refractivity contribution in [2.45, 2.75) is 31.4 Å². The maximum absolute atomic E-state index is 11.4. The first-order valence-electron chi connectivity index (χ1n) is 4.60. The molecule has 0 aromatic carbocycles. The Morgan fingerprint density at radius 3 is 2.62 bits per heavy atom. The van der Waals surface area contributed by atoms with Gasteiger partial charge in [0, 0.05) is 11.9 Å². The molecular weight excluding hydrogens is 254 g/mol. The molecule has 5 heteroatoms. The van der Waals surface area contributed by atoms with Gasteiger partial charge in [0.1, 0.15) is 0 Å². The van der Waals surface area contributed by atoms with Crippen LogP contribution in [0.1, 0.15) is 26.2 Å². The molecule has 0 spiro atoms. The fourth-order valence-electron chi connectivity index (χ4n) is 1.04. The molecule has 78 valence electrons. The lowest BCUT2D eigenvalue weighted by Crippen LogP contribution is -2.31. The Hall–Kier alpha value is 0.390. The first-order chi connectivity index (χ1) is 6.06. The second-order valence-corrected chi connectivity index (χ2v) is 6.51. The van der Waals surface area contributed by atoms with Crippen molar-refractivity contribution < 1.29 is 8.42 Å². The Kier molecular flexibility index (Phi) is 4.19. The molecule has 0 saturated heterocycles. The quantitative estimate of drug-likeness (QED) is 0.743. The summed E-state index contributed by atoms with van der Waals surface area (Å²) in [6, 6.07) is 0. The highest BCUT2D eigenvalue weighted by atomic mass is 79.9. The number of alkyl halides is 1. The smallest absolute Gasteiger partial charge is 0.214 e. The van der Waals surface area contributed by atoms with Crippen LogP contribution in [0.2, 0.25) is 0 Å². The van der Waals surface area contributed by atoms with Crippen LogP contribution < -0.4 is 4.72 Å². The summed E-state index contributed by atoms with van der Waals surface area (Å²) in [6.45, 7) is 2.63. The molecule has 1 saturated carbocycles. The summed E-state index contributed by atoms with van der Waals surface area (Å²) in [7, 11) is -2.97. The summed E-state index contributed by atoms with van der Waals surface area (Å²) in [4.78, 5) is 0. The van der Waals surface area contributed by atoms with E-state index in [0.29, 0.717) is 12.5 Å². The first-order valence-corrected chi connectivity index (χ1v) is 7.27. The van der Waals surface area contributed by atoms with Crippen LogP contribution in [-0.4, -0.2) is 25.5 Å². The van der Waals surface area contributed by atoms with Gasteiger partial charge in [0.25, 0.3) is 0 Å². The van der Waals surface area contributed by atoms with Gasteiger partial charge in [0.05, 0.1) is 5.25 Å². The maximum Gasteiger partial charge on any atom is 0.214 e. The maximum atomic E-state index is 11.4. The highest BCUT2D eigenvalue weighted by Gasteiger charge is 2.35. The molecule has 0 heterocycles. The zero-order valence-corrected chi connectivity index (χ0v) is 10.2. The summed E-state index contributed by atoms with van der Waals surface area (Å²) in [5, 5.41) is 0.836. The van der Waals surface area contributed by atoms with E-state index in [1.807, 2.05) is 0 Å². The van der Waals surface area contributed by atoms with E-state index < -0.39 is 10.0 Å². The molecule has 1 fully saturated rings. The Labute approximate surface area is 88.5 Å². The van der Waals surface area contributed by atoms with Crippen molar-refractivity contribution in [3.63, 3.8) is 0 Å². The SMILES string of the molecule is CC(CCBr)CNS(=O)(=O)C1CC1. The van der Waals surface area contributed by atoms with Crippen LogP contribution in [0.3, 0.4) is 0 Å². The van der Waals surface area contributed by atoms with E-state index in [1.54, 1.807) is 0 Å². The van der Waals surface area contributed by atoms with Crippen LogP contribution in [-0.2, 0) is 10.0 Å². The zero-order valence-electron chi connectivity index (χ0n) is 7.79. The molecule has 1 unspecified atom stereocenters. The van der Waals surface area contributed by atoms with Crippen molar-refractivity contribution >= 4 is 26.0 Å². The average Bonchev–Trinajstić information content (AvgIpc) is 2.84. The summed E-state index contributed by atoms with van der Waals surface area (Å²) in [5.74, 6) is 0.410. The summed E-state index contributed by atoms with van der Waals surface area (Å²) < 4.78 is 25.4. The van der Waals surface area contributed by atoms with Crippen molar-refractivity contribution in [2.75, 3.05) is 11.9 Å². The monoisotopic (exact) mass is 269 g/mol. The molecule has 1 aliphatic rings. The van der Waals surface area contributed by atoms with Crippen molar-refractivity contribution in [1.82, 2.24) is 4.72 Å². The number of sulfonamides is 1. The van der Waals surface area contributed by atoms with Crippen molar-refractivity contribution in [3.05, 3.63) is 0 Å². The normalized spacial score (nSPS) is 20.2. The third kappa shape index (κ3) is 3.95. The summed E-state index contributed by atoms with van der Waals surface area (Å²) in [5.41, 5.74) is 0. The van der Waals surface area contributed by atoms with E-state index in [2.05, 4.69) is 27.6 Å². The fourth-order valence-corrected chi connectivity index (χ4v) is 3.33. The van der Waals surface area contributed by atoms with Gasteiger partial charge >= 0.3 is 0 Å². The Bertz CT molecular complexity index is 249. The van der Waals surface area contributed by atoms with E-state index >= 15 is 0 Å². The van der Waals surface area contributed by atoms with Crippen LogP contribution in [0.4, 0.5) is 0 Å². The largest absolute Gasteiger partial charge is 0.215 e. The number of rotatable bonds is 6. The number of halogens is 1. The van der Waals surface area contributed by atoms with Crippen molar-refractivity contribution in [1.29, 1.82) is 0 Å². The van der Waals surface area contributed by atoms with Crippen LogP contribution in [0, 0.1) is 5.92 Å². The van der Waals surface area contributed by atoms with E-state index in [9.17, 15) is 8.42 Å². The van der Waals surface area contributed by atoms with Gasteiger partial charge in [-0.1, -0.05) is 22.9 Å². The van der Waals surface area contributed by atoms with Gasteiger partial charge in [0.15, 0.2) is 0 Å². The standard InChI is InChI=1S/C8H16BrNO2S/c1-7(4-5-9)6-10-13(11,12)8-2-3-8/h7-8,10H,2-6H2,1H3. The Morgan fingerprint density at radius 1 is 1.54 bits per heavy atom. The van der Waals surface area contributed by atoms with Gasteiger partial charge in [-0.2, -0.15) is 0 Å². The third-order valence-corrected chi connectivity index (χ3v) is 4.57. The van der Waals surface area contributed by atoms with Crippen LogP contribution in [0.25, 0.3) is 0 Å². The topological polar surface area (TPSA) is 46.2 Å². The predicted molar refractivity (Wildman–Crippen MR) is 57.5 cm³/mol. The van der Waals surface area contributed by atoms with Crippen molar-refractivity contribution in [2.24, 2.45) is 5.92 Å². The molecule has 0 radical (unpaired) electrons. The molecule has 1 N–H and O–H groups in total. The average molecular weight is 270 g/mol. The van der Waals surface area contributed by atoms with Gasteiger partial charge in [-0.25, -0.2) is 13.1 Å². The summed E-state index contributed by atoms with van der Waals surface area (Å²) >= 11 is 3.33. The minimum absolute atomic E-state index is 0.0938. The molecule has 1 aliphatic carbocycles. The molecule has 1 atom stereocenters. The highest BCUT2D eigenvalue weighted by molar-refractivity contribution is 9.09. The Balaban J connectivity index is 2.24. The molecule has 0 aromatic rings. The first kappa shape index (κ1) is 11.5. The van der Waals surface area contributed by atoms with Gasteiger partial charge in [-0.05, 0) is 25.2 Å². The van der Waals surface area contributed by atoms with E-state index in [4.69, 9.17) is 0 Å². The summed E-state index contributed by atoms with van der Waals surface area (Å²) in [6.07, 6.45) is 2.68. The van der Waals surface area contributed by atoms with E-state index in [0.717, 1.165) is 24.6 Å². The lowest BCUT2D eigenvalue weighted by molar-refractivity contribution is 0.531. The lowest BCUT2D eigenvalue weighted by Gasteiger charge is -2.10. The molecule has 13 heavy (non-hydrogen) atoms. The van der Waals surface area contributed by atoms with Crippen LogP contribution >= 0.6 is 15.9 Å². The highest BCUT2D eigenvalue weighted by Crippen LogP contribution is 2.27. The van der Waals surface area contributed by atoms with Crippen molar-refractivity contribution in [3.8, 4) is 0 Å². The number of nitrogens with one attached hydrogen (secondary N) is 1. The number of hydrogen-bond acceptors (Lipinski definition) is 2. The Morgan fingerprint density at radius 2 is 2.15 bits per heavy atom. The second-order valence-electron chi connectivity index (χ2n) is 3.68. The van der Waals surface area contributed by atoms with Crippen LogP contribution in [0.15, 0.2) is 0 Å². The van der Waals surface area contributed by atoms with Gasteiger partial charge in [-0.3, -0.25) is 0 Å². The van der Waals surface area contributed by atoms with Gasteiger partial charge in [-0.15, -0.1) is 0 Å². The molecule has 0 bridgehead atoms. The van der Waals surface area contributed by atoms with E-state index in [1.165, 1.54) is 0 Å². The minimum atomic E-state index is -2.97. The van der Waals surface area contributed by atoms with Gasteiger partial charge in [0.2, 0.25) is 10.0 Å². The van der Waals surface area contributed by atoms with E-state index in [-0.39, 0.29) is 5.25 Å². The van der Waals surface area contributed by atoms with Crippen LogP contribution in [0.5, 0.6) is 0 Å². The number of hydrogen-bond donors (Lipinski definition) is 1. The lowest BCUT2D eigenvalue weighted by atomic mass is 10.1. The fraction of sp³-hybridized carbons (Fsp3) is 1.00. The zero-order chi connectivity index (χ0) is 9.90. The molecule has 3 nitrogen and oxygen atoms in total. The third-order valence-electron chi connectivity index (χ3n) is 2.20.